The molecule has 0 aromatic carbocycles. The largest absolute Gasteiger partial charge is 0.461 e. The van der Waals surface area contributed by atoms with Crippen LogP contribution in [0.5, 0.6) is 0 Å². The average molecular weight is 157 g/mol. The van der Waals surface area contributed by atoms with Gasteiger partial charge in [-0.2, -0.15) is 0 Å². The summed E-state index contributed by atoms with van der Waals surface area (Å²) >= 11 is 0. The zero-order valence-corrected chi connectivity index (χ0v) is 6.45. The van der Waals surface area contributed by atoms with Crippen LogP contribution in [0, 0.1) is 0 Å². The molecule has 3 heteroatoms. The molecule has 0 saturated carbocycles. The lowest BCUT2D eigenvalue weighted by atomic mass is 10.3. The van der Waals surface area contributed by atoms with Crippen LogP contribution < -0.4 is 5.73 Å². The predicted molar refractivity (Wildman–Crippen MR) is 45.8 cm³/mol. The third-order valence-electron chi connectivity index (χ3n) is 1.01. The van der Waals surface area contributed by atoms with Crippen molar-refractivity contribution in [1.82, 2.24) is 0 Å². The minimum atomic E-state index is -0.219. The molecule has 0 unspecified atom stereocenters. The van der Waals surface area contributed by atoms with Gasteiger partial charge in [-0.3, -0.25) is 4.79 Å². The lowest BCUT2D eigenvalue weighted by molar-refractivity contribution is -0.142. The highest BCUT2D eigenvalue weighted by Gasteiger charge is 1.97. The molecular weight excluding hydrogens is 142 g/mol. The highest BCUT2D eigenvalue weighted by Crippen LogP contribution is 1.93. The first kappa shape index (κ1) is 9.75. The van der Waals surface area contributed by atoms with Crippen molar-refractivity contribution in [3.8, 4) is 0 Å². The summed E-state index contributed by atoms with van der Waals surface area (Å²) in [7, 11) is 0. The van der Waals surface area contributed by atoms with Gasteiger partial charge in [-0.1, -0.05) is 18.7 Å². The van der Waals surface area contributed by atoms with Gasteiger partial charge in [-0.05, 0) is 12.6 Å². The average Bonchev–Trinajstić information content (AvgIpc) is 2.01. The molecule has 0 aromatic heterocycles. The number of carbonyl (C=O) groups is 1. The van der Waals surface area contributed by atoms with Gasteiger partial charge < -0.3 is 10.5 Å². The van der Waals surface area contributed by atoms with Gasteiger partial charge in [0.1, 0.15) is 6.61 Å². The van der Waals surface area contributed by atoms with Crippen molar-refractivity contribution in [1.29, 1.82) is 0 Å². The van der Waals surface area contributed by atoms with Gasteiger partial charge >= 0.3 is 5.97 Å². The molecule has 11 heavy (non-hydrogen) atoms. The Morgan fingerprint density at radius 1 is 1.73 bits per heavy atom. The van der Waals surface area contributed by atoms with Gasteiger partial charge in [0.25, 0.3) is 0 Å². The van der Waals surface area contributed by atoms with Gasteiger partial charge in [0.05, 0.1) is 0 Å². The van der Waals surface area contributed by atoms with Crippen LogP contribution in [-0.4, -0.2) is 12.6 Å². The fourth-order valence-electron chi connectivity index (χ4n) is 0.521. The van der Waals surface area contributed by atoms with Crippen LogP contribution >= 0.6 is 0 Å². The Hall–Kier alpha value is -1.25. The van der Waals surface area contributed by atoms with Gasteiger partial charge in [0.2, 0.25) is 0 Å². The monoisotopic (exact) mass is 157 g/mol. The third kappa shape index (κ3) is 6.64. The van der Waals surface area contributed by atoms with E-state index in [1.807, 2.05) is 0 Å². The fourth-order valence-corrected chi connectivity index (χ4v) is 0.521. The Morgan fingerprint density at radius 3 is 3.00 bits per heavy atom. The molecule has 0 rings (SSSR count). The maximum absolute atomic E-state index is 10.7. The first-order valence-electron chi connectivity index (χ1n) is 3.44. The molecule has 0 aliphatic carbocycles. The van der Waals surface area contributed by atoms with Gasteiger partial charge in [0, 0.05) is 7.85 Å². The zero-order valence-electron chi connectivity index (χ0n) is 6.45. The summed E-state index contributed by atoms with van der Waals surface area (Å²) in [4.78, 5) is 10.7. The maximum atomic E-state index is 10.7. The van der Waals surface area contributed by atoms with E-state index in [-0.39, 0.29) is 14.0 Å². The minimum Gasteiger partial charge on any atom is -0.461 e. The number of hydrogen-bond acceptors (Lipinski definition) is 3. The Morgan fingerprint density at radius 2 is 2.45 bits per heavy atom. The lowest BCUT2D eigenvalue weighted by Gasteiger charge is -1.97. The molecule has 0 bridgehead atoms. The number of carbonyl (C=O) groups excluding carboxylic acids is 1. The highest BCUT2D eigenvalue weighted by atomic mass is 16.5. The van der Waals surface area contributed by atoms with Gasteiger partial charge in [-0.25, -0.2) is 0 Å². The van der Waals surface area contributed by atoms with E-state index >= 15 is 0 Å². The summed E-state index contributed by atoms with van der Waals surface area (Å²) in [5, 5.41) is 0. The maximum Gasteiger partial charge on any atom is 0.306 e. The van der Waals surface area contributed by atoms with E-state index in [2.05, 4.69) is 6.58 Å². The van der Waals surface area contributed by atoms with E-state index < -0.39 is 0 Å². The van der Waals surface area contributed by atoms with Crippen molar-refractivity contribution in [2.45, 2.75) is 12.8 Å². The number of rotatable bonds is 5. The Kier molecular flexibility index (Phi) is 6.08. The van der Waals surface area contributed by atoms with Crippen LogP contribution in [0.3, 0.4) is 0 Å². The van der Waals surface area contributed by atoms with Crippen LogP contribution in [0.1, 0.15) is 14.3 Å². The van der Waals surface area contributed by atoms with Crippen LogP contribution in [0.15, 0.2) is 24.9 Å². The van der Waals surface area contributed by atoms with Crippen molar-refractivity contribution < 1.29 is 11.0 Å². The van der Waals surface area contributed by atoms with E-state index in [0.717, 1.165) is 0 Å². The van der Waals surface area contributed by atoms with E-state index in [9.17, 15) is 4.79 Å². The first-order chi connectivity index (χ1) is 5.31. The number of esters is 1. The molecule has 0 spiro atoms. The standard InChI is InChI=1S/C8H13NO2.H2/c1-2-7-11-8(10)5-3-4-6-9;/h2,4,6H,1,3,5,7,9H2;1H/b6-4-;. The van der Waals surface area contributed by atoms with Crippen molar-refractivity contribution in [2.24, 2.45) is 5.73 Å². The van der Waals surface area contributed by atoms with Crippen molar-refractivity contribution in [3.63, 3.8) is 0 Å². The van der Waals surface area contributed by atoms with E-state index in [4.69, 9.17) is 10.5 Å². The summed E-state index contributed by atoms with van der Waals surface area (Å²) in [5.74, 6) is -0.219. The first-order valence-corrected chi connectivity index (χ1v) is 3.44. The van der Waals surface area contributed by atoms with E-state index in [1.54, 1.807) is 6.08 Å². The van der Waals surface area contributed by atoms with E-state index in [1.165, 1.54) is 12.3 Å². The molecule has 64 valence electrons. The molecule has 2 N–H and O–H groups in total. The molecule has 0 fully saturated rings. The second-order valence-electron chi connectivity index (χ2n) is 1.94. The number of hydrogen-bond donors (Lipinski definition) is 1. The summed E-state index contributed by atoms with van der Waals surface area (Å²) in [6, 6.07) is 0. The van der Waals surface area contributed by atoms with Gasteiger partial charge in [-0.15, -0.1) is 0 Å². The molecule has 0 amide bonds. The number of allylic oxidation sites excluding steroid dienone is 1. The third-order valence-corrected chi connectivity index (χ3v) is 1.01. The van der Waals surface area contributed by atoms with E-state index in [0.29, 0.717) is 12.8 Å². The summed E-state index contributed by atoms with van der Waals surface area (Å²) in [6.07, 6.45) is 5.68. The predicted octanol–water partition coefficient (Wildman–Crippen LogP) is 1.21. The zero-order chi connectivity index (χ0) is 8.53. The number of nitrogens with two attached hydrogens (primary N) is 1. The summed E-state index contributed by atoms with van der Waals surface area (Å²) < 4.78 is 4.71. The van der Waals surface area contributed by atoms with Crippen LogP contribution in [0.25, 0.3) is 0 Å². The fraction of sp³-hybridized carbons (Fsp3) is 0.375. The quantitative estimate of drug-likeness (QED) is 0.482. The molecule has 0 saturated heterocycles. The normalized spacial score (nSPS) is 9.82. The Bertz CT molecular complexity index is 157. The Labute approximate surface area is 68.0 Å². The topological polar surface area (TPSA) is 52.3 Å². The summed E-state index contributed by atoms with van der Waals surface area (Å²) in [6.45, 7) is 3.70. The molecule has 0 heterocycles. The minimum absolute atomic E-state index is 0. The van der Waals surface area contributed by atoms with Crippen LogP contribution in [0.2, 0.25) is 0 Å². The smallest absolute Gasteiger partial charge is 0.306 e. The second kappa shape index (κ2) is 6.86. The summed E-state index contributed by atoms with van der Waals surface area (Å²) in [5.41, 5.74) is 5.07. The van der Waals surface area contributed by atoms with Crippen LogP contribution in [0.4, 0.5) is 0 Å². The lowest BCUT2D eigenvalue weighted by Crippen LogP contribution is -2.03. The van der Waals surface area contributed by atoms with Crippen LogP contribution in [-0.2, 0) is 9.53 Å². The molecule has 0 atom stereocenters. The van der Waals surface area contributed by atoms with Crippen molar-refractivity contribution in [3.05, 3.63) is 24.9 Å². The Balaban J connectivity index is 0. The SMILES string of the molecule is C=CCOC(=O)CC/C=C\N.[HH]. The molecule has 0 aliphatic heterocycles. The van der Waals surface area contributed by atoms with Crippen molar-refractivity contribution >= 4 is 5.97 Å². The molecule has 3 nitrogen and oxygen atoms in total. The number of ether oxygens (including phenoxy) is 1. The molecule has 0 aromatic rings. The van der Waals surface area contributed by atoms with Gasteiger partial charge in [0.15, 0.2) is 0 Å². The molecule has 0 radical (unpaired) electrons. The molecule has 0 aliphatic rings. The second-order valence-corrected chi connectivity index (χ2v) is 1.94. The van der Waals surface area contributed by atoms with Crippen molar-refractivity contribution in [2.75, 3.05) is 6.61 Å². The molecular formula is C8H15NO2. The highest BCUT2D eigenvalue weighted by molar-refractivity contribution is 5.69.